The summed E-state index contributed by atoms with van der Waals surface area (Å²) in [5.74, 6) is -0.262. The van der Waals surface area contributed by atoms with Gasteiger partial charge in [0.2, 0.25) is 0 Å². The molecule has 3 atom stereocenters. The number of carbonyl (C=O) groups is 1. The number of benzene rings is 1. The molecule has 0 radical (unpaired) electrons. The maximum absolute atomic E-state index is 11.9. The Morgan fingerprint density at radius 1 is 1.42 bits per heavy atom. The van der Waals surface area contributed by atoms with Crippen LogP contribution in [0, 0.1) is 0 Å². The molecule has 1 fully saturated rings. The molecule has 0 aliphatic carbocycles. The predicted molar refractivity (Wildman–Crippen MR) is 72.6 cm³/mol. The lowest BCUT2D eigenvalue weighted by Gasteiger charge is -2.40. The highest BCUT2D eigenvalue weighted by Gasteiger charge is 2.36. The Morgan fingerprint density at radius 2 is 2.11 bits per heavy atom. The van der Waals surface area contributed by atoms with Gasteiger partial charge < -0.3 is 9.84 Å². The van der Waals surface area contributed by atoms with Crippen molar-refractivity contribution < 1.29 is 14.6 Å². The van der Waals surface area contributed by atoms with Crippen molar-refractivity contribution in [2.75, 3.05) is 13.7 Å². The van der Waals surface area contributed by atoms with Crippen LogP contribution in [0.25, 0.3) is 0 Å². The molecule has 0 bridgehead atoms. The van der Waals surface area contributed by atoms with E-state index in [1.807, 2.05) is 18.2 Å². The van der Waals surface area contributed by atoms with Crippen molar-refractivity contribution in [1.82, 2.24) is 4.90 Å². The Kier molecular flexibility index (Phi) is 4.56. The van der Waals surface area contributed by atoms with Crippen LogP contribution in [0.15, 0.2) is 30.3 Å². The van der Waals surface area contributed by atoms with Gasteiger partial charge >= 0.3 is 5.97 Å². The number of aliphatic hydroxyl groups is 1. The Morgan fingerprint density at radius 3 is 2.74 bits per heavy atom. The topological polar surface area (TPSA) is 49.8 Å². The molecule has 1 aromatic rings. The van der Waals surface area contributed by atoms with Gasteiger partial charge in [0.1, 0.15) is 6.04 Å². The fraction of sp³-hybridized carbons (Fsp3) is 0.533. The second kappa shape index (κ2) is 6.17. The first kappa shape index (κ1) is 14.0. The summed E-state index contributed by atoms with van der Waals surface area (Å²) < 4.78 is 4.86. The summed E-state index contributed by atoms with van der Waals surface area (Å²) in [4.78, 5) is 14.0. The predicted octanol–water partition coefficient (Wildman–Crippen LogP) is 1.75. The van der Waals surface area contributed by atoms with Crippen molar-refractivity contribution in [3.63, 3.8) is 0 Å². The number of carbonyl (C=O) groups excluding carboxylic acids is 1. The Balaban J connectivity index is 2.18. The molecule has 0 aromatic heterocycles. The smallest absolute Gasteiger partial charge is 0.323 e. The molecule has 1 aliphatic heterocycles. The molecule has 104 valence electrons. The number of hydrogen-bond acceptors (Lipinski definition) is 4. The van der Waals surface area contributed by atoms with E-state index < -0.39 is 6.10 Å². The van der Waals surface area contributed by atoms with E-state index in [0.29, 0.717) is 19.4 Å². The van der Waals surface area contributed by atoms with Crippen molar-refractivity contribution in [2.45, 2.75) is 38.0 Å². The lowest BCUT2D eigenvalue weighted by Crippen LogP contribution is -2.49. The van der Waals surface area contributed by atoms with Gasteiger partial charge in [-0.1, -0.05) is 30.3 Å². The summed E-state index contributed by atoms with van der Waals surface area (Å²) in [5, 5.41) is 9.76. The van der Waals surface area contributed by atoms with Crippen LogP contribution in [0.5, 0.6) is 0 Å². The van der Waals surface area contributed by atoms with Crippen molar-refractivity contribution in [3.05, 3.63) is 35.9 Å². The molecular formula is C15H21NO3. The zero-order chi connectivity index (χ0) is 13.8. The summed E-state index contributed by atoms with van der Waals surface area (Å²) in [6, 6.07) is 9.87. The second-order valence-electron chi connectivity index (χ2n) is 5.04. The Labute approximate surface area is 114 Å². The van der Waals surface area contributed by atoms with Gasteiger partial charge in [0.15, 0.2) is 0 Å². The first-order valence-corrected chi connectivity index (χ1v) is 6.70. The summed E-state index contributed by atoms with van der Waals surface area (Å²) >= 11 is 0. The van der Waals surface area contributed by atoms with Crippen LogP contribution >= 0.6 is 0 Å². The zero-order valence-corrected chi connectivity index (χ0v) is 11.5. The number of esters is 1. The largest absolute Gasteiger partial charge is 0.468 e. The lowest BCUT2D eigenvalue weighted by atomic mass is 9.95. The average Bonchev–Trinajstić information content (AvgIpc) is 2.46. The number of piperidine rings is 1. The van der Waals surface area contributed by atoms with Gasteiger partial charge in [-0.25, -0.2) is 0 Å². The van der Waals surface area contributed by atoms with E-state index in [4.69, 9.17) is 4.74 Å². The molecule has 0 unspecified atom stereocenters. The number of nitrogens with zero attached hydrogens (tertiary/aromatic N) is 1. The molecule has 1 N–H and O–H groups in total. The van der Waals surface area contributed by atoms with E-state index in [9.17, 15) is 9.90 Å². The number of rotatable bonds is 3. The first-order chi connectivity index (χ1) is 9.13. The van der Waals surface area contributed by atoms with E-state index in [1.54, 1.807) is 0 Å². The van der Waals surface area contributed by atoms with E-state index in [1.165, 1.54) is 12.7 Å². The van der Waals surface area contributed by atoms with Gasteiger partial charge in [-0.05, 0) is 25.3 Å². The molecule has 2 rings (SSSR count). The molecule has 0 spiro atoms. The van der Waals surface area contributed by atoms with Gasteiger partial charge in [-0.3, -0.25) is 9.69 Å². The highest BCUT2D eigenvalue weighted by molar-refractivity contribution is 5.76. The standard InChI is InChI=1S/C15H21NO3/c1-11(12-6-4-3-5-7-12)16-9-8-13(17)10-14(16)15(18)19-2/h3-7,11,13-14,17H,8-10H2,1-2H3/t11-,13-,14+/m1/s1. The molecule has 1 aromatic carbocycles. The normalized spacial score (nSPS) is 25.8. The maximum Gasteiger partial charge on any atom is 0.323 e. The van der Waals surface area contributed by atoms with E-state index in [2.05, 4.69) is 24.0 Å². The second-order valence-corrected chi connectivity index (χ2v) is 5.04. The van der Waals surface area contributed by atoms with Crippen LogP contribution in [-0.2, 0) is 9.53 Å². The molecule has 1 heterocycles. The first-order valence-electron chi connectivity index (χ1n) is 6.70. The third kappa shape index (κ3) is 3.14. The van der Waals surface area contributed by atoms with Crippen LogP contribution in [0.4, 0.5) is 0 Å². The SMILES string of the molecule is COC(=O)[C@@H]1C[C@H](O)CCN1[C@H](C)c1ccccc1. The van der Waals surface area contributed by atoms with Crippen molar-refractivity contribution in [1.29, 1.82) is 0 Å². The van der Waals surface area contributed by atoms with Crippen LogP contribution in [0.1, 0.15) is 31.4 Å². The zero-order valence-electron chi connectivity index (χ0n) is 11.5. The number of aliphatic hydroxyl groups excluding tert-OH is 1. The van der Waals surface area contributed by atoms with Crippen molar-refractivity contribution in [2.24, 2.45) is 0 Å². The van der Waals surface area contributed by atoms with Crippen LogP contribution in [0.2, 0.25) is 0 Å². The van der Waals surface area contributed by atoms with E-state index in [0.717, 1.165) is 0 Å². The minimum Gasteiger partial charge on any atom is -0.468 e. The quantitative estimate of drug-likeness (QED) is 0.844. The molecule has 1 aliphatic rings. The maximum atomic E-state index is 11.9. The Bertz CT molecular complexity index is 421. The highest BCUT2D eigenvalue weighted by atomic mass is 16.5. The Hall–Kier alpha value is -1.39. The van der Waals surface area contributed by atoms with Gasteiger partial charge in [-0.15, -0.1) is 0 Å². The molecule has 4 heteroatoms. The summed E-state index contributed by atoms with van der Waals surface area (Å²) in [6.07, 6.45) is 0.734. The van der Waals surface area contributed by atoms with E-state index >= 15 is 0 Å². The monoisotopic (exact) mass is 263 g/mol. The summed E-state index contributed by atoms with van der Waals surface area (Å²) in [6.45, 7) is 2.79. The number of methoxy groups -OCH3 is 1. The van der Waals surface area contributed by atoms with Crippen LogP contribution < -0.4 is 0 Å². The summed E-state index contributed by atoms with van der Waals surface area (Å²) in [7, 11) is 1.40. The van der Waals surface area contributed by atoms with Gasteiger partial charge in [-0.2, -0.15) is 0 Å². The minimum absolute atomic E-state index is 0.137. The molecule has 1 saturated heterocycles. The van der Waals surface area contributed by atoms with Gasteiger partial charge in [0.05, 0.1) is 13.2 Å². The van der Waals surface area contributed by atoms with Crippen molar-refractivity contribution in [3.8, 4) is 0 Å². The van der Waals surface area contributed by atoms with Crippen LogP contribution in [0.3, 0.4) is 0 Å². The molecule has 0 saturated carbocycles. The fourth-order valence-corrected chi connectivity index (χ4v) is 2.72. The van der Waals surface area contributed by atoms with Gasteiger partial charge in [0.25, 0.3) is 0 Å². The number of ether oxygens (including phenoxy) is 1. The third-order valence-corrected chi connectivity index (χ3v) is 3.87. The molecule has 0 amide bonds. The molecular weight excluding hydrogens is 242 g/mol. The van der Waals surface area contributed by atoms with Crippen LogP contribution in [-0.4, -0.2) is 41.8 Å². The average molecular weight is 263 g/mol. The number of likely N-dealkylation sites (tertiary alicyclic amines) is 1. The van der Waals surface area contributed by atoms with Gasteiger partial charge in [0, 0.05) is 12.6 Å². The molecule has 19 heavy (non-hydrogen) atoms. The van der Waals surface area contributed by atoms with Crippen molar-refractivity contribution >= 4 is 5.97 Å². The van der Waals surface area contributed by atoms with E-state index in [-0.39, 0.29) is 18.1 Å². The third-order valence-electron chi connectivity index (χ3n) is 3.87. The minimum atomic E-state index is -0.414. The molecule has 4 nitrogen and oxygen atoms in total. The lowest BCUT2D eigenvalue weighted by molar-refractivity contribution is -0.151. The summed E-state index contributed by atoms with van der Waals surface area (Å²) in [5.41, 5.74) is 1.17. The highest BCUT2D eigenvalue weighted by Crippen LogP contribution is 2.28. The number of hydrogen-bond donors (Lipinski definition) is 1. The fourth-order valence-electron chi connectivity index (χ4n) is 2.72.